The molecule has 0 unspecified atom stereocenters. The average molecular weight is 395 g/mol. The Labute approximate surface area is 165 Å². The summed E-state index contributed by atoms with van der Waals surface area (Å²) in [5.41, 5.74) is 2.06. The first-order valence-electron chi connectivity index (χ1n) is 8.85. The number of ether oxygens (including phenoxy) is 2. The standard InChI is InChI=1S/C19H26N4O3.ClH/c1-23-13-15(10-22-23)16-11-20-12-17(16)19(24)21-9-14-5-3-4-6-18(14)26-8-7-25-2;/h3-6,10,13,16-17,20H,7-9,11-12H2,1-2H3,(H,21,24);1H/t16-,17+;/m1./s1. The Bertz CT molecular complexity index is 737. The molecule has 1 aliphatic rings. The van der Waals surface area contributed by atoms with Gasteiger partial charge in [0.1, 0.15) is 12.4 Å². The van der Waals surface area contributed by atoms with E-state index in [0.29, 0.717) is 26.3 Å². The number of hydrogen-bond donors (Lipinski definition) is 2. The summed E-state index contributed by atoms with van der Waals surface area (Å²) in [5.74, 6) is 0.881. The maximum atomic E-state index is 12.7. The van der Waals surface area contributed by atoms with E-state index in [1.165, 1.54) is 0 Å². The van der Waals surface area contributed by atoms with Crippen LogP contribution in [0.3, 0.4) is 0 Å². The first kappa shape index (κ1) is 21.2. The lowest BCUT2D eigenvalue weighted by molar-refractivity contribution is -0.125. The summed E-state index contributed by atoms with van der Waals surface area (Å²) in [6.45, 7) is 2.93. The number of para-hydroxylation sites is 1. The summed E-state index contributed by atoms with van der Waals surface area (Å²) >= 11 is 0. The van der Waals surface area contributed by atoms with E-state index in [-0.39, 0.29) is 30.2 Å². The van der Waals surface area contributed by atoms with Crippen molar-refractivity contribution in [2.45, 2.75) is 12.5 Å². The number of nitrogens with one attached hydrogen (secondary N) is 2. The highest BCUT2D eigenvalue weighted by atomic mass is 35.5. The molecule has 7 nitrogen and oxygen atoms in total. The lowest BCUT2D eigenvalue weighted by Gasteiger charge is -2.18. The normalized spacial score (nSPS) is 18.7. The number of carbonyl (C=O) groups excluding carboxylic acids is 1. The van der Waals surface area contributed by atoms with Crippen LogP contribution in [0, 0.1) is 5.92 Å². The van der Waals surface area contributed by atoms with Crippen molar-refractivity contribution in [3.63, 3.8) is 0 Å². The number of aryl methyl sites for hydroxylation is 1. The molecule has 27 heavy (non-hydrogen) atoms. The van der Waals surface area contributed by atoms with E-state index in [0.717, 1.165) is 23.4 Å². The molecule has 2 N–H and O–H groups in total. The third-order valence-corrected chi connectivity index (χ3v) is 4.67. The van der Waals surface area contributed by atoms with Crippen molar-refractivity contribution >= 4 is 18.3 Å². The van der Waals surface area contributed by atoms with Crippen LogP contribution in [0.25, 0.3) is 0 Å². The molecule has 0 radical (unpaired) electrons. The van der Waals surface area contributed by atoms with E-state index < -0.39 is 0 Å². The van der Waals surface area contributed by atoms with Gasteiger partial charge in [0, 0.05) is 51.5 Å². The second kappa shape index (κ2) is 10.3. The monoisotopic (exact) mass is 394 g/mol. The molecule has 0 bridgehead atoms. The fraction of sp³-hybridized carbons (Fsp3) is 0.474. The van der Waals surface area contributed by atoms with Gasteiger partial charge in [0.05, 0.1) is 18.7 Å². The highest BCUT2D eigenvalue weighted by Gasteiger charge is 2.34. The minimum Gasteiger partial charge on any atom is -0.491 e. The van der Waals surface area contributed by atoms with E-state index >= 15 is 0 Å². The zero-order valence-corrected chi connectivity index (χ0v) is 16.5. The summed E-state index contributed by atoms with van der Waals surface area (Å²) in [6.07, 6.45) is 3.83. The molecule has 2 heterocycles. The third-order valence-electron chi connectivity index (χ3n) is 4.67. The summed E-state index contributed by atoms with van der Waals surface area (Å²) in [6, 6.07) is 7.74. The number of halogens is 1. The Kier molecular flexibility index (Phi) is 8.09. The van der Waals surface area contributed by atoms with Gasteiger partial charge < -0.3 is 20.1 Å². The van der Waals surface area contributed by atoms with Crippen LogP contribution in [0.5, 0.6) is 5.75 Å². The van der Waals surface area contributed by atoms with E-state index in [1.807, 2.05) is 43.7 Å². The number of methoxy groups -OCH3 is 1. The van der Waals surface area contributed by atoms with Crippen LogP contribution < -0.4 is 15.4 Å². The molecule has 2 aromatic rings. The summed E-state index contributed by atoms with van der Waals surface area (Å²) < 4.78 is 12.5. The number of amides is 1. The maximum Gasteiger partial charge on any atom is 0.225 e. The summed E-state index contributed by atoms with van der Waals surface area (Å²) in [7, 11) is 3.53. The Balaban J connectivity index is 0.00000261. The van der Waals surface area contributed by atoms with Crippen molar-refractivity contribution in [3.05, 3.63) is 47.8 Å². The topological polar surface area (TPSA) is 77.4 Å². The third kappa shape index (κ3) is 5.45. The lowest BCUT2D eigenvalue weighted by atomic mass is 9.90. The van der Waals surface area contributed by atoms with Gasteiger partial charge in [-0.15, -0.1) is 12.4 Å². The van der Waals surface area contributed by atoms with Crippen molar-refractivity contribution in [3.8, 4) is 5.75 Å². The molecule has 1 saturated heterocycles. The van der Waals surface area contributed by atoms with Crippen molar-refractivity contribution in [2.24, 2.45) is 13.0 Å². The predicted molar refractivity (Wildman–Crippen MR) is 105 cm³/mol. The van der Waals surface area contributed by atoms with Crippen molar-refractivity contribution < 1.29 is 14.3 Å². The number of rotatable bonds is 8. The highest BCUT2D eigenvalue weighted by Crippen LogP contribution is 2.28. The van der Waals surface area contributed by atoms with Crippen molar-refractivity contribution in [1.82, 2.24) is 20.4 Å². The minimum atomic E-state index is -0.0965. The van der Waals surface area contributed by atoms with E-state index in [1.54, 1.807) is 11.8 Å². The van der Waals surface area contributed by atoms with Gasteiger partial charge >= 0.3 is 0 Å². The Morgan fingerprint density at radius 2 is 2.15 bits per heavy atom. The van der Waals surface area contributed by atoms with Crippen LogP contribution in [0.1, 0.15) is 17.0 Å². The quantitative estimate of drug-likeness (QED) is 0.663. The lowest BCUT2D eigenvalue weighted by Crippen LogP contribution is -2.34. The molecule has 3 rings (SSSR count). The molecule has 1 fully saturated rings. The van der Waals surface area contributed by atoms with Gasteiger partial charge in [-0.3, -0.25) is 9.48 Å². The Morgan fingerprint density at radius 3 is 2.89 bits per heavy atom. The minimum absolute atomic E-state index is 0. The summed E-state index contributed by atoms with van der Waals surface area (Å²) in [5, 5.41) is 10.6. The van der Waals surface area contributed by atoms with Gasteiger partial charge in [0.2, 0.25) is 5.91 Å². The first-order chi connectivity index (χ1) is 12.7. The number of carbonyl (C=O) groups is 1. The summed E-state index contributed by atoms with van der Waals surface area (Å²) in [4.78, 5) is 12.7. The number of nitrogens with zero attached hydrogens (tertiary/aromatic N) is 2. The first-order valence-corrected chi connectivity index (χ1v) is 8.85. The van der Waals surface area contributed by atoms with Gasteiger partial charge in [-0.1, -0.05) is 18.2 Å². The molecule has 1 aromatic heterocycles. The fourth-order valence-electron chi connectivity index (χ4n) is 3.28. The molecule has 0 saturated carbocycles. The number of hydrogen-bond acceptors (Lipinski definition) is 5. The average Bonchev–Trinajstić information content (AvgIpc) is 3.29. The van der Waals surface area contributed by atoms with Gasteiger partial charge in [-0.05, 0) is 11.6 Å². The zero-order valence-electron chi connectivity index (χ0n) is 15.7. The number of aromatic nitrogens is 2. The fourth-order valence-corrected chi connectivity index (χ4v) is 3.28. The Morgan fingerprint density at radius 1 is 1.33 bits per heavy atom. The highest BCUT2D eigenvalue weighted by molar-refractivity contribution is 5.85. The van der Waals surface area contributed by atoms with Crippen LogP contribution in [0.4, 0.5) is 0 Å². The second-order valence-electron chi connectivity index (χ2n) is 6.49. The smallest absolute Gasteiger partial charge is 0.225 e. The largest absolute Gasteiger partial charge is 0.491 e. The molecule has 1 amide bonds. The van der Waals surface area contributed by atoms with E-state index in [2.05, 4.69) is 15.7 Å². The van der Waals surface area contributed by atoms with Crippen LogP contribution in [0.15, 0.2) is 36.7 Å². The van der Waals surface area contributed by atoms with Gasteiger partial charge in [0.15, 0.2) is 0 Å². The molecule has 0 spiro atoms. The van der Waals surface area contributed by atoms with Gasteiger partial charge in [-0.25, -0.2) is 0 Å². The molecule has 1 aromatic carbocycles. The molecular formula is C19H27ClN4O3. The van der Waals surface area contributed by atoms with Gasteiger partial charge in [-0.2, -0.15) is 5.10 Å². The zero-order chi connectivity index (χ0) is 18.4. The molecule has 0 aliphatic carbocycles. The van der Waals surface area contributed by atoms with Gasteiger partial charge in [0.25, 0.3) is 0 Å². The number of benzene rings is 1. The van der Waals surface area contributed by atoms with E-state index in [9.17, 15) is 4.79 Å². The SMILES string of the molecule is COCCOc1ccccc1CNC(=O)[C@H]1CNC[C@@H]1c1cnn(C)c1.Cl. The van der Waals surface area contributed by atoms with Crippen LogP contribution >= 0.6 is 12.4 Å². The Hall–Kier alpha value is -2.09. The van der Waals surface area contributed by atoms with Crippen molar-refractivity contribution in [2.75, 3.05) is 33.4 Å². The molecule has 8 heteroatoms. The molecular weight excluding hydrogens is 368 g/mol. The maximum absolute atomic E-state index is 12.7. The van der Waals surface area contributed by atoms with Crippen LogP contribution in [0.2, 0.25) is 0 Å². The molecule has 148 valence electrons. The predicted octanol–water partition coefficient (Wildman–Crippen LogP) is 1.49. The van der Waals surface area contributed by atoms with Crippen LogP contribution in [-0.4, -0.2) is 49.1 Å². The van der Waals surface area contributed by atoms with E-state index in [4.69, 9.17) is 9.47 Å². The molecule has 1 aliphatic heterocycles. The van der Waals surface area contributed by atoms with Crippen molar-refractivity contribution in [1.29, 1.82) is 0 Å². The van der Waals surface area contributed by atoms with Crippen LogP contribution in [-0.2, 0) is 23.1 Å². The molecule has 2 atom stereocenters. The second-order valence-corrected chi connectivity index (χ2v) is 6.49.